The van der Waals surface area contributed by atoms with Crippen LogP contribution in [-0.2, 0) is 9.59 Å². The van der Waals surface area contributed by atoms with Crippen molar-refractivity contribution in [3.05, 3.63) is 21.9 Å². The largest absolute Gasteiger partial charge is 0.480 e. The Morgan fingerprint density at radius 3 is 2.82 bits per heavy atom. The molecule has 1 saturated carbocycles. The van der Waals surface area contributed by atoms with Crippen LogP contribution < -0.4 is 5.32 Å². The molecule has 0 aliphatic heterocycles. The zero-order valence-corrected chi connectivity index (χ0v) is 10.6. The third-order valence-corrected chi connectivity index (χ3v) is 4.25. The summed E-state index contributed by atoms with van der Waals surface area (Å²) in [5, 5.41) is 13.3. The van der Waals surface area contributed by atoms with Crippen molar-refractivity contribution in [2.24, 2.45) is 5.92 Å². The number of rotatable bonds is 4. The second kappa shape index (κ2) is 4.49. The first kappa shape index (κ1) is 12.1. The van der Waals surface area contributed by atoms with Crippen molar-refractivity contribution in [1.29, 1.82) is 0 Å². The number of hydrogen-bond donors (Lipinski definition) is 2. The Balaban J connectivity index is 1.93. The van der Waals surface area contributed by atoms with Gasteiger partial charge in [-0.05, 0) is 37.3 Å². The molecule has 1 amide bonds. The number of aryl methyl sites for hydroxylation is 1. The molecular weight excluding hydrogens is 238 g/mol. The van der Waals surface area contributed by atoms with Gasteiger partial charge in [0.05, 0.1) is 0 Å². The molecule has 0 aromatic carbocycles. The summed E-state index contributed by atoms with van der Waals surface area (Å²) in [6.07, 6.45) is 0.833. The Morgan fingerprint density at radius 2 is 2.29 bits per heavy atom. The van der Waals surface area contributed by atoms with Gasteiger partial charge < -0.3 is 10.4 Å². The van der Waals surface area contributed by atoms with Gasteiger partial charge in [-0.1, -0.05) is 0 Å². The molecular formula is C12H15NO3S. The monoisotopic (exact) mass is 253 g/mol. The predicted molar refractivity (Wildman–Crippen MR) is 65.1 cm³/mol. The number of carbonyl (C=O) groups is 2. The maximum absolute atomic E-state index is 11.8. The molecule has 3 atom stereocenters. The highest BCUT2D eigenvalue weighted by molar-refractivity contribution is 7.10. The lowest BCUT2D eigenvalue weighted by Crippen LogP contribution is -2.39. The van der Waals surface area contributed by atoms with Crippen LogP contribution in [0.4, 0.5) is 0 Å². The molecule has 0 saturated heterocycles. The van der Waals surface area contributed by atoms with Crippen LogP contribution in [0.5, 0.6) is 0 Å². The van der Waals surface area contributed by atoms with E-state index in [1.54, 1.807) is 11.3 Å². The van der Waals surface area contributed by atoms with Crippen molar-refractivity contribution < 1.29 is 14.7 Å². The maximum atomic E-state index is 11.8. The molecule has 0 spiro atoms. The van der Waals surface area contributed by atoms with Crippen LogP contribution in [0.3, 0.4) is 0 Å². The normalized spacial score (nSPS) is 24.1. The lowest BCUT2D eigenvalue weighted by molar-refractivity contribution is -0.141. The number of hydrogen-bond acceptors (Lipinski definition) is 3. The summed E-state index contributed by atoms with van der Waals surface area (Å²) in [5.41, 5.74) is 1.22. The topological polar surface area (TPSA) is 66.4 Å². The molecule has 2 N–H and O–H groups in total. The van der Waals surface area contributed by atoms with Crippen LogP contribution in [0.15, 0.2) is 11.4 Å². The molecule has 0 radical (unpaired) electrons. The van der Waals surface area contributed by atoms with E-state index in [2.05, 4.69) is 5.32 Å². The second-order valence-corrected chi connectivity index (χ2v) is 5.43. The molecule has 2 rings (SSSR count). The maximum Gasteiger partial charge on any atom is 0.325 e. The van der Waals surface area contributed by atoms with Gasteiger partial charge in [-0.3, -0.25) is 9.59 Å². The number of carboxylic acid groups (broad SMARTS) is 1. The minimum absolute atomic E-state index is 0.0471. The fourth-order valence-corrected chi connectivity index (χ4v) is 3.03. The fraction of sp³-hybridized carbons (Fsp3) is 0.500. The lowest BCUT2D eigenvalue weighted by atomic mass is 10.2. The highest BCUT2D eigenvalue weighted by Crippen LogP contribution is 2.50. The average Bonchev–Trinajstić information content (AvgIpc) is 2.94. The van der Waals surface area contributed by atoms with Crippen molar-refractivity contribution in [3.8, 4) is 0 Å². The van der Waals surface area contributed by atoms with Gasteiger partial charge in [0, 0.05) is 16.7 Å². The molecule has 1 aliphatic carbocycles. The number of nitrogens with one attached hydrogen (secondary N) is 1. The Bertz CT molecular complexity index is 454. The Hall–Kier alpha value is -1.36. The lowest BCUT2D eigenvalue weighted by Gasteiger charge is -2.08. The summed E-state index contributed by atoms with van der Waals surface area (Å²) in [4.78, 5) is 23.7. The summed E-state index contributed by atoms with van der Waals surface area (Å²) >= 11 is 1.67. The SMILES string of the molecule is Cc1ccsc1C1CC1C(=O)NC(C)C(=O)O. The Kier molecular flexibility index (Phi) is 3.19. The molecule has 17 heavy (non-hydrogen) atoms. The fourth-order valence-electron chi connectivity index (χ4n) is 1.92. The summed E-state index contributed by atoms with van der Waals surface area (Å²) in [5.74, 6) is -0.898. The van der Waals surface area contributed by atoms with Crippen LogP contribution in [0.2, 0.25) is 0 Å². The third-order valence-electron chi connectivity index (χ3n) is 3.09. The van der Waals surface area contributed by atoms with Crippen LogP contribution >= 0.6 is 11.3 Å². The van der Waals surface area contributed by atoms with Gasteiger partial charge >= 0.3 is 5.97 Å². The average molecular weight is 253 g/mol. The Labute approximate surface area is 104 Å². The molecule has 1 fully saturated rings. The molecule has 1 aromatic rings. The summed E-state index contributed by atoms with van der Waals surface area (Å²) in [6.45, 7) is 3.52. The highest BCUT2D eigenvalue weighted by Gasteiger charge is 2.45. The minimum atomic E-state index is -0.997. The summed E-state index contributed by atoms with van der Waals surface area (Å²) < 4.78 is 0. The van der Waals surface area contributed by atoms with E-state index in [-0.39, 0.29) is 17.7 Å². The number of amides is 1. The zero-order valence-electron chi connectivity index (χ0n) is 9.77. The van der Waals surface area contributed by atoms with Gasteiger partial charge in [0.25, 0.3) is 0 Å². The van der Waals surface area contributed by atoms with Crippen molar-refractivity contribution >= 4 is 23.2 Å². The number of carboxylic acids is 1. The number of carbonyl (C=O) groups excluding carboxylic acids is 1. The third kappa shape index (κ3) is 2.49. The van der Waals surface area contributed by atoms with E-state index < -0.39 is 12.0 Å². The van der Waals surface area contributed by atoms with Gasteiger partial charge in [-0.25, -0.2) is 0 Å². The minimum Gasteiger partial charge on any atom is -0.480 e. The van der Waals surface area contributed by atoms with Crippen LogP contribution in [-0.4, -0.2) is 23.0 Å². The van der Waals surface area contributed by atoms with Gasteiger partial charge in [0.1, 0.15) is 6.04 Å². The Morgan fingerprint density at radius 1 is 1.59 bits per heavy atom. The van der Waals surface area contributed by atoms with Crippen LogP contribution in [0, 0.1) is 12.8 Å². The molecule has 92 valence electrons. The molecule has 1 aliphatic rings. The van der Waals surface area contributed by atoms with E-state index in [1.807, 2.05) is 18.4 Å². The first-order chi connectivity index (χ1) is 8.00. The smallest absolute Gasteiger partial charge is 0.325 e. The molecule has 4 nitrogen and oxygen atoms in total. The van der Waals surface area contributed by atoms with Crippen molar-refractivity contribution in [2.45, 2.75) is 32.2 Å². The number of thiophene rings is 1. The molecule has 0 bridgehead atoms. The van der Waals surface area contributed by atoms with E-state index in [1.165, 1.54) is 17.4 Å². The van der Waals surface area contributed by atoms with E-state index in [0.29, 0.717) is 0 Å². The van der Waals surface area contributed by atoms with Gasteiger partial charge in [-0.2, -0.15) is 0 Å². The van der Waals surface area contributed by atoms with Crippen molar-refractivity contribution in [1.82, 2.24) is 5.32 Å². The van der Waals surface area contributed by atoms with Gasteiger partial charge in [-0.15, -0.1) is 11.3 Å². The molecule has 1 heterocycles. The van der Waals surface area contributed by atoms with Crippen LogP contribution in [0.25, 0.3) is 0 Å². The summed E-state index contributed by atoms with van der Waals surface area (Å²) in [7, 11) is 0. The standard InChI is InChI=1S/C12H15NO3S/c1-6-3-4-17-10(6)8-5-9(8)11(14)13-7(2)12(15)16/h3-4,7-9H,5H2,1-2H3,(H,13,14)(H,15,16). The molecule has 5 heteroatoms. The van der Waals surface area contributed by atoms with E-state index in [4.69, 9.17) is 5.11 Å². The second-order valence-electron chi connectivity index (χ2n) is 4.49. The van der Waals surface area contributed by atoms with Gasteiger partial charge in [0.2, 0.25) is 5.91 Å². The van der Waals surface area contributed by atoms with Crippen LogP contribution in [0.1, 0.15) is 29.7 Å². The predicted octanol–water partition coefficient (Wildman–Crippen LogP) is 1.75. The first-order valence-corrected chi connectivity index (χ1v) is 6.46. The highest BCUT2D eigenvalue weighted by atomic mass is 32.1. The first-order valence-electron chi connectivity index (χ1n) is 5.58. The van der Waals surface area contributed by atoms with E-state index >= 15 is 0 Å². The summed E-state index contributed by atoms with van der Waals surface area (Å²) in [6, 6.07) is 1.24. The van der Waals surface area contributed by atoms with E-state index in [0.717, 1.165) is 6.42 Å². The quantitative estimate of drug-likeness (QED) is 0.859. The molecule has 1 aromatic heterocycles. The zero-order chi connectivity index (χ0) is 12.6. The van der Waals surface area contributed by atoms with E-state index in [9.17, 15) is 9.59 Å². The number of aliphatic carboxylic acids is 1. The van der Waals surface area contributed by atoms with Crippen molar-refractivity contribution in [2.75, 3.05) is 0 Å². The van der Waals surface area contributed by atoms with Crippen molar-refractivity contribution in [3.63, 3.8) is 0 Å². The molecule has 3 unspecified atom stereocenters. The van der Waals surface area contributed by atoms with Gasteiger partial charge in [0.15, 0.2) is 0 Å².